The van der Waals surface area contributed by atoms with E-state index in [0.717, 1.165) is 30.7 Å². The SMILES string of the molecule is CCCc1noc(-c2ccc(N3CCCC(C(=O)Nc4nnc(C)s4)C3)c(F)c2)n1. The Bertz CT molecular complexity index is 1040. The molecule has 158 valence electrons. The molecule has 3 aromatic rings. The van der Waals surface area contributed by atoms with E-state index in [1.54, 1.807) is 12.1 Å². The van der Waals surface area contributed by atoms with Gasteiger partial charge in [0.1, 0.15) is 10.8 Å². The quantitative estimate of drug-likeness (QED) is 0.634. The van der Waals surface area contributed by atoms with Crippen LogP contribution in [-0.4, -0.2) is 39.3 Å². The molecule has 0 aliphatic carbocycles. The fourth-order valence-corrected chi connectivity index (χ4v) is 4.15. The second kappa shape index (κ2) is 8.86. The van der Waals surface area contributed by atoms with Gasteiger partial charge in [-0.25, -0.2) is 4.39 Å². The van der Waals surface area contributed by atoms with E-state index in [9.17, 15) is 9.18 Å². The summed E-state index contributed by atoms with van der Waals surface area (Å²) in [7, 11) is 0. The van der Waals surface area contributed by atoms with Gasteiger partial charge in [-0.1, -0.05) is 23.4 Å². The maximum Gasteiger partial charge on any atom is 0.258 e. The van der Waals surface area contributed by atoms with Crippen LogP contribution in [0.3, 0.4) is 0 Å². The number of aromatic nitrogens is 4. The van der Waals surface area contributed by atoms with Crippen molar-refractivity contribution in [1.29, 1.82) is 0 Å². The van der Waals surface area contributed by atoms with Gasteiger partial charge in [-0.3, -0.25) is 4.79 Å². The lowest BCUT2D eigenvalue weighted by atomic mass is 9.96. The molecule has 3 heterocycles. The maximum atomic E-state index is 14.9. The Hall–Kier alpha value is -2.88. The molecule has 8 nitrogen and oxygen atoms in total. The number of anilines is 2. The Morgan fingerprint density at radius 1 is 1.40 bits per heavy atom. The molecule has 0 radical (unpaired) electrons. The average Bonchev–Trinajstić information content (AvgIpc) is 3.37. The summed E-state index contributed by atoms with van der Waals surface area (Å²) in [5.41, 5.74) is 1.01. The molecule has 1 saturated heterocycles. The van der Waals surface area contributed by atoms with Crippen LogP contribution in [0.5, 0.6) is 0 Å². The van der Waals surface area contributed by atoms with E-state index in [4.69, 9.17) is 4.52 Å². The lowest BCUT2D eigenvalue weighted by Gasteiger charge is -2.33. The molecule has 0 bridgehead atoms. The third kappa shape index (κ3) is 4.48. The normalized spacial score (nSPS) is 16.6. The first-order valence-corrected chi connectivity index (χ1v) is 10.8. The molecule has 1 N–H and O–H groups in total. The summed E-state index contributed by atoms with van der Waals surface area (Å²) in [4.78, 5) is 18.8. The largest absolute Gasteiger partial charge is 0.368 e. The first-order valence-electron chi connectivity index (χ1n) is 10.0. The number of carbonyl (C=O) groups is 1. The highest BCUT2D eigenvalue weighted by Crippen LogP contribution is 2.30. The van der Waals surface area contributed by atoms with Crippen LogP contribution in [-0.2, 0) is 11.2 Å². The van der Waals surface area contributed by atoms with Gasteiger partial charge in [0.2, 0.25) is 11.0 Å². The lowest BCUT2D eigenvalue weighted by molar-refractivity contribution is -0.120. The highest BCUT2D eigenvalue weighted by Gasteiger charge is 2.28. The molecule has 1 aromatic carbocycles. The van der Waals surface area contributed by atoms with E-state index in [2.05, 4.69) is 25.7 Å². The Kier molecular flexibility index (Phi) is 6.03. The molecule has 2 aromatic heterocycles. The lowest BCUT2D eigenvalue weighted by Crippen LogP contribution is -2.41. The molecule has 1 unspecified atom stereocenters. The molecule has 0 saturated carbocycles. The third-order valence-corrected chi connectivity index (χ3v) is 5.78. The van der Waals surface area contributed by atoms with Crippen molar-refractivity contribution in [1.82, 2.24) is 20.3 Å². The van der Waals surface area contributed by atoms with E-state index in [1.165, 1.54) is 17.4 Å². The summed E-state index contributed by atoms with van der Waals surface area (Å²) >= 11 is 1.34. The molecular weight excluding hydrogens is 407 g/mol. The van der Waals surface area contributed by atoms with Gasteiger partial charge in [-0.15, -0.1) is 10.2 Å². The second-order valence-corrected chi connectivity index (χ2v) is 8.51. The summed E-state index contributed by atoms with van der Waals surface area (Å²) in [6.45, 7) is 5.01. The Labute approximate surface area is 177 Å². The van der Waals surface area contributed by atoms with E-state index in [1.807, 2.05) is 18.7 Å². The van der Waals surface area contributed by atoms with Crippen LogP contribution < -0.4 is 10.2 Å². The van der Waals surface area contributed by atoms with Gasteiger partial charge in [-0.05, 0) is 44.4 Å². The van der Waals surface area contributed by atoms with Gasteiger partial charge < -0.3 is 14.7 Å². The zero-order chi connectivity index (χ0) is 21.1. The summed E-state index contributed by atoms with van der Waals surface area (Å²) in [6, 6.07) is 4.89. The highest BCUT2D eigenvalue weighted by molar-refractivity contribution is 7.15. The number of benzene rings is 1. The Morgan fingerprint density at radius 2 is 2.27 bits per heavy atom. The smallest absolute Gasteiger partial charge is 0.258 e. The van der Waals surface area contributed by atoms with Crippen molar-refractivity contribution in [2.24, 2.45) is 5.92 Å². The number of nitrogens with zero attached hydrogens (tertiary/aromatic N) is 5. The predicted molar refractivity (Wildman–Crippen MR) is 112 cm³/mol. The molecule has 1 amide bonds. The third-order valence-electron chi connectivity index (χ3n) is 5.03. The van der Waals surface area contributed by atoms with Crippen molar-refractivity contribution >= 4 is 28.1 Å². The summed E-state index contributed by atoms with van der Waals surface area (Å²) in [5, 5.41) is 15.9. The second-order valence-electron chi connectivity index (χ2n) is 7.33. The van der Waals surface area contributed by atoms with E-state index < -0.39 is 0 Å². The number of nitrogens with one attached hydrogen (secondary N) is 1. The van der Waals surface area contributed by atoms with Gasteiger partial charge in [0.15, 0.2) is 5.82 Å². The number of piperidine rings is 1. The molecule has 30 heavy (non-hydrogen) atoms. The van der Waals surface area contributed by atoms with Crippen LogP contribution in [0.2, 0.25) is 0 Å². The number of amides is 1. The van der Waals surface area contributed by atoms with Crippen LogP contribution in [0.1, 0.15) is 37.0 Å². The topological polar surface area (TPSA) is 97.0 Å². The first-order chi connectivity index (χ1) is 14.5. The van der Waals surface area contributed by atoms with Gasteiger partial charge in [0.25, 0.3) is 5.89 Å². The monoisotopic (exact) mass is 430 g/mol. The number of halogens is 1. The molecular formula is C20H23FN6O2S. The highest BCUT2D eigenvalue weighted by atomic mass is 32.1. The van der Waals surface area contributed by atoms with Crippen molar-refractivity contribution in [2.75, 3.05) is 23.3 Å². The van der Waals surface area contributed by atoms with Gasteiger partial charge in [0.05, 0.1) is 11.6 Å². The van der Waals surface area contributed by atoms with Crippen LogP contribution in [0.25, 0.3) is 11.5 Å². The molecule has 1 aliphatic rings. The molecule has 0 spiro atoms. The Balaban J connectivity index is 1.45. The van der Waals surface area contributed by atoms with Crippen LogP contribution >= 0.6 is 11.3 Å². The van der Waals surface area contributed by atoms with Crippen molar-refractivity contribution in [2.45, 2.75) is 39.5 Å². The standard InChI is InChI=1S/C20H23FN6O2S/c1-3-5-17-22-19(29-26-17)13-7-8-16(15(21)10-13)27-9-4-6-14(11-27)18(28)23-20-25-24-12(2)30-20/h7-8,10,14H,3-6,9,11H2,1-2H3,(H,23,25,28). The molecule has 4 rings (SSSR count). The summed E-state index contributed by atoms with van der Waals surface area (Å²) in [5.74, 6) is 0.208. The van der Waals surface area contributed by atoms with E-state index in [-0.39, 0.29) is 17.6 Å². The molecule has 1 aliphatic heterocycles. The van der Waals surface area contributed by atoms with Crippen molar-refractivity contribution in [3.63, 3.8) is 0 Å². The summed E-state index contributed by atoms with van der Waals surface area (Å²) in [6.07, 6.45) is 3.19. The minimum absolute atomic E-state index is 0.109. The maximum absolute atomic E-state index is 14.9. The first kappa shape index (κ1) is 20.4. The number of rotatable bonds is 6. The van der Waals surface area contributed by atoms with Crippen molar-refractivity contribution < 1.29 is 13.7 Å². The fraction of sp³-hybridized carbons (Fsp3) is 0.450. The van der Waals surface area contributed by atoms with Gasteiger partial charge in [-0.2, -0.15) is 4.98 Å². The zero-order valence-corrected chi connectivity index (χ0v) is 17.7. The number of hydrogen-bond donors (Lipinski definition) is 1. The minimum Gasteiger partial charge on any atom is -0.368 e. The molecule has 1 fully saturated rings. The van der Waals surface area contributed by atoms with Crippen LogP contribution in [0.15, 0.2) is 22.7 Å². The van der Waals surface area contributed by atoms with E-state index >= 15 is 0 Å². The number of carbonyl (C=O) groups excluding carboxylic acids is 1. The minimum atomic E-state index is -0.372. The van der Waals surface area contributed by atoms with Crippen LogP contribution in [0, 0.1) is 18.7 Å². The Morgan fingerprint density at radius 3 is 3.00 bits per heavy atom. The average molecular weight is 431 g/mol. The number of hydrogen-bond acceptors (Lipinski definition) is 8. The molecule has 10 heteroatoms. The number of aryl methyl sites for hydroxylation is 2. The zero-order valence-electron chi connectivity index (χ0n) is 16.9. The van der Waals surface area contributed by atoms with Gasteiger partial charge in [0, 0.05) is 25.1 Å². The molecule has 1 atom stereocenters. The fourth-order valence-electron chi connectivity index (χ4n) is 3.56. The van der Waals surface area contributed by atoms with Crippen molar-refractivity contribution in [3.05, 3.63) is 34.8 Å². The van der Waals surface area contributed by atoms with E-state index in [0.29, 0.717) is 41.2 Å². The van der Waals surface area contributed by atoms with Crippen LogP contribution in [0.4, 0.5) is 15.2 Å². The van der Waals surface area contributed by atoms with Crippen molar-refractivity contribution in [3.8, 4) is 11.5 Å². The van der Waals surface area contributed by atoms with Gasteiger partial charge >= 0.3 is 0 Å². The summed E-state index contributed by atoms with van der Waals surface area (Å²) < 4.78 is 20.2. The predicted octanol–water partition coefficient (Wildman–Crippen LogP) is 3.84.